The number of rotatable bonds is 6. The van der Waals surface area contributed by atoms with Gasteiger partial charge in [-0.1, -0.05) is 54.2 Å². The molecule has 4 rings (SSSR count). The number of hydrogen-bond donors (Lipinski definition) is 0. The zero-order valence-corrected chi connectivity index (χ0v) is 19.3. The van der Waals surface area contributed by atoms with Crippen LogP contribution in [0.2, 0.25) is 0 Å². The monoisotopic (exact) mass is 434 g/mol. The molecule has 2 heterocycles. The van der Waals surface area contributed by atoms with E-state index < -0.39 is 0 Å². The van der Waals surface area contributed by atoms with Crippen LogP contribution < -0.4 is 0 Å². The lowest BCUT2D eigenvalue weighted by Crippen LogP contribution is -2.48. The van der Waals surface area contributed by atoms with Crippen molar-refractivity contribution in [3.8, 4) is 5.69 Å². The van der Waals surface area contributed by atoms with Crippen molar-refractivity contribution in [3.05, 3.63) is 71.5 Å². The number of aromatic nitrogens is 3. The van der Waals surface area contributed by atoms with E-state index in [1.54, 1.807) is 0 Å². The first-order chi connectivity index (χ1) is 15.0. The largest absolute Gasteiger partial charge is 0.337 e. The fourth-order valence-electron chi connectivity index (χ4n) is 4.43. The lowest BCUT2D eigenvalue weighted by molar-refractivity contribution is -0.134. The highest BCUT2D eigenvalue weighted by molar-refractivity contribution is 7.99. The topological polar surface area (TPSA) is 51.0 Å². The van der Waals surface area contributed by atoms with E-state index >= 15 is 0 Å². The molecule has 0 saturated carbocycles. The summed E-state index contributed by atoms with van der Waals surface area (Å²) in [6.07, 6.45) is 4.06. The maximum absolute atomic E-state index is 13.0. The highest BCUT2D eigenvalue weighted by Crippen LogP contribution is 2.27. The summed E-state index contributed by atoms with van der Waals surface area (Å²) in [5.41, 5.74) is 3.40. The van der Waals surface area contributed by atoms with Gasteiger partial charge >= 0.3 is 0 Å². The van der Waals surface area contributed by atoms with E-state index in [1.807, 2.05) is 24.3 Å². The molecule has 2 aromatic carbocycles. The Morgan fingerprint density at radius 3 is 2.48 bits per heavy atom. The van der Waals surface area contributed by atoms with Crippen LogP contribution in [-0.2, 0) is 11.2 Å². The molecule has 1 aromatic heterocycles. The molecule has 5 nitrogen and oxygen atoms in total. The molecule has 1 amide bonds. The minimum Gasteiger partial charge on any atom is -0.337 e. The molecule has 1 aliphatic rings. The molecule has 162 valence electrons. The van der Waals surface area contributed by atoms with Crippen molar-refractivity contribution in [3.63, 3.8) is 0 Å². The molecule has 1 saturated heterocycles. The Morgan fingerprint density at radius 2 is 1.77 bits per heavy atom. The number of piperidine rings is 1. The normalized spacial score (nSPS) is 18.9. The van der Waals surface area contributed by atoms with Crippen molar-refractivity contribution in [2.45, 2.75) is 63.7 Å². The molecule has 6 heteroatoms. The summed E-state index contributed by atoms with van der Waals surface area (Å²) in [4.78, 5) is 15.1. The Hall–Kier alpha value is -2.60. The fourth-order valence-corrected chi connectivity index (χ4v) is 5.27. The molecule has 0 spiro atoms. The first-order valence-corrected chi connectivity index (χ1v) is 12.0. The maximum Gasteiger partial charge on any atom is 0.233 e. The SMILES string of the molecule is Cc1cccc(-n2c(Cc3ccccc3)nnc2SCC(=O)N2[C@H](C)CCC[C@@H]2C)c1. The third-order valence-electron chi connectivity index (χ3n) is 5.97. The number of benzene rings is 2. The molecule has 0 aliphatic carbocycles. The second-order valence-corrected chi connectivity index (χ2v) is 9.40. The molecule has 2 atom stereocenters. The van der Waals surface area contributed by atoms with Crippen LogP contribution in [0, 0.1) is 6.92 Å². The third kappa shape index (κ3) is 5.01. The average molecular weight is 435 g/mol. The second-order valence-electron chi connectivity index (χ2n) is 8.45. The first-order valence-electron chi connectivity index (χ1n) is 11.0. The van der Waals surface area contributed by atoms with Crippen molar-refractivity contribution in [2.24, 2.45) is 0 Å². The van der Waals surface area contributed by atoms with Gasteiger partial charge in [-0.15, -0.1) is 10.2 Å². The Balaban J connectivity index is 1.59. The minimum atomic E-state index is 0.188. The predicted molar refractivity (Wildman–Crippen MR) is 126 cm³/mol. The Labute approximate surface area is 188 Å². The molecular formula is C25H30N4OS. The molecule has 3 aromatic rings. The summed E-state index contributed by atoms with van der Waals surface area (Å²) in [6, 6.07) is 19.3. The number of thioether (sulfide) groups is 1. The van der Waals surface area contributed by atoms with Gasteiger partial charge in [0.25, 0.3) is 0 Å². The zero-order valence-electron chi connectivity index (χ0n) is 18.5. The van der Waals surface area contributed by atoms with Gasteiger partial charge in [-0.05, 0) is 63.3 Å². The van der Waals surface area contributed by atoms with Crippen molar-refractivity contribution in [2.75, 3.05) is 5.75 Å². The molecular weight excluding hydrogens is 404 g/mol. The van der Waals surface area contributed by atoms with Crippen LogP contribution in [0.25, 0.3) is 5.69 Å². The molecule has 0 bridgehead atoms. The standard InChI is InChI=1S/C25H30N4OS/c1-18-9-7-14-22(15-18)29-23(16-21-12-5-4-6-13-21)26-27-25(29)31-17-24(30)28-19(2)10-8-11-20(28)3/h4-7,9,12-15,19-20H,8,10-11,16-17H2,1-3H3/t19-,20+. The van der Waals surface area contributed by atoms with E-state index in [9.17, 15) is 4.79 Å². The number of aryl methyl sites for hydroxylation is 1. The molecule has 1 fully saturated rings. The number of carbonyl (C=O) groups is 1. The van der Waals surface area contributed by atoms with E-state index in [1.165, 1.54) is 29.3 Å². The van der Waals surface area contributed by atoms with E-state index in [4.69, 9.17) is 0 Å². The molecule has 31 heavy (non-hydrogen) atoms. The second kappa shape index (κ2) is 9.69. The maximum atomic E-state index is 13.0. The molecule has 0 unspecified atom stereocenters. The van der Waals surface area contributed by atoms with E-state index in [0.717, 1.165) is 29.5 Å². The van der Waals surface area contributed by atoms with Crippen LogP contribution in [-0.4, -0.2) is 43.4 Å². The Morgan fingerprint density at radius 1 is 1.03 bits per heavy atom. The van der Waals surface area contributed by atoms with Gasteiger partial charge in [-0.2, -0.15) is 0 Å². The van der Waals surface area contributed by atoms with Gasteiger partial charge in [-0.3, -0.25) is 9.36 Å². The summed E-state index contributed by atoms with van der Waals surface area (Å²) in [5, 5.41) is 9.75. The summed E-state index contributed by atoms with van der Waals surface area (Å²) in [7, 11) is 0. The number of nitrogens with zero attached hydrogens (tertiary/aromatic N) is 4. The quantitative estimate of drug-likeness (QED) is 0.510. The van der Waals surface area contributed by atoms with Crippen molar-refractivity contribution >= 4 is 17.7 Å². The highest BCUT2D eigenvalue weighted by Gasteiger charge is 2.29. The smallest absolute Gasteiger partial charge is 0.233 e. The predicted octanol–water partition coefficient (Wildman–Crippen LogP) is 5.05. The van der Waals surface area contributed by atoms with Crippen LogP contribution in [0.3, 0.4) is 0 Å². The van der Waals surface area contributed by atoms with E-state index in [2.05, 4.69) is 70.8 Å². The Kier molecular flexibility index (Phi) is 6.76. The number of likely N-dealkylation sites (tertiary alicyclic amines) is 1. The van der Waals surface area contributed by atoms with Crippen LogP contribution >= 0.6 is 11.8 Å². The van der Waals surface area contributed by atoms with Crippen molar-refractivity contribution in [1.29, 1.82) is 0 Å². The Bertz CT molecular complexity index is 1020. The number of amides is 1. The average Bonchev–Trinajstić information content (AvgIpc) is 3.15. The molecule has 0 radical (unpaired) electrons. The van der Waals surface area contributed by atoms with Gasteiger partial charge in [-0.25, -0.2) is 0 Å². The van der Waals surface area contributed by atoms with Gasteiger partial charge in [0.2, 0.25) is 5.91 Å². The van der Waals surface area contributed by atoms with E-state index in [0.29, 0.717) is 24.3 Å². The van der Waals surface area contributed by atoms with Crippen LogP contribution in [0.15, 0.2) is 59.8 Å². The third-order valence-corrected chi connectivity index (χ3v) is 6.89. The van der Waals surface area contributed by atoms with E-state index in [-0.39, 0.29) is 5.91 Å². The minimum absolute atomic E-state index is 0.188. The van der Waals surface area contributed by atoms with Gasteiger partial charge in [0.05, 0.1) is 5.75 Å². The number of carbonyl (C=O) groups excluding carboxylic acids is 1. The fraction of sp³-hybridized carbons (Fsp3) is 0.400. The zero-order chi connectivity index (χ0) is 21.8. The van der Waals surface area contributed by atoms with Gasteiger partial charge in [0.1, 0.15) is 5.82 Å². The summed E-state index contributed by atoms with van der Waals surface area (Å²) in [6.45, 7) is 6.40. The van der Waals surface area contributed by atoms with Gasteiger partial charge in [0.15, 0.2) is 5.16 Å². The molecule has 1 aliphatic heterocycles. The summed E-state index contributed by atoms with van der Waals surface area (Å²) in [5.74, 6) is 1.45. The lowest BCUT2D eigenvalue weighted by atomic mass is 9.98. The van der Waals surface area contributed by atoms with Crippen LogP contribution in [0.1, 0.15) is 50.1 Å². The van der Waals surface area contributed by atoms with Crippen LogP contribution in [0.5, 0.6) is 0 Å². The highest BCUT2D eigenvalue weighted by atomic mass is 32.2. The first kappa shape index (κ1) is 21.6. The summed E-state index contributed by atoms with van der Waals surface area (Å²) >= 11 is 1.48. The van der Waals surface area contributed by atoms with Crippen LogP contribution in [0.4, 0.5) is 0 Å². The van der Waals surface area contributed by atoms with Crippen molar-refractivity contribution in [1.82, 2.24) is 19.7 Å². The summed E-state index contributed by atoms with van der Waals surface area (Å²) < 4.78 is 2.10. The number of hydrogen-bond acceptors (Lipinski definition) is 4. The van der Waals surface area contributed by atoms with Crippen molar-refractivity contribution < 1.29 is 4.79 Å². The molecule has 0 N–H and O–H groups in total. The van der Waals surface area contributed by atoms with Gasteiger partial charge in [0, 0.05) is 24.2 Å². The lowest BCUT2D eigenvalue weighted by Gasteiger charge is -2.39. The van der Waals surface area contributed by atoms with Gasteiger partial charge < -0.3 is 4.90 Å².